The van der Waals surface area contributed by atoms with Gasteiger partial charge >= 0.3 is 0 Å². The minimum Gasteiger partial charge on any atom is -0.454 e. The lowest BCUT2D eigenvalue weighted by atomic mass is 10.1. The van der Waals surface area contributed by atoms with Crippen molar-refractivity contribution in [3.05, 3.63) is 59.7 Å². The maximum atomic E-state index is 12.2. The summed E-state index contributed by atoms with van der Waals surface area (Å²) in [5, 5.41) is 3.09. The lowest BCUT2D eigenvalue weighted by Crippen LogP contribution is -2.31. The number of fused-ring (bicyclic) bond motifs is 1. The fourth-order valence-corrected chi connectivity index (χ4v) is 3.62. The number of nitrogens with one attached hydrogen (secondary N) is 1. The quantitative estimate of drug-likeness (QED) is 0.868. The standard InChI is InChI=1S/C21H24N2O3/c24-21(11-17-6-7-19-20(10-17)26-15-25-19)22-12-18-8-9-23(14-18)13-16-4-2-1-3-5-16/h1-7,10,18H,8-9,11-15H2,(H,22,24)/t18-/m1/s1. The van der Waals surface area contributed by atoms with Crippen molar-refractivity contribution in [3.8, 4) is 11.5 Å². The Morgan fingerprint density at radius 1 is 1.08 bits per heavy atom. The van der Waals surface area contributed by atoms with Crippen LogP contribution in [0.5, 0.6) is 11.5 Å². The molecule has 2 aromatic carbocycles. The first kappa shape index (κ1) is 16.9. The van der Waals surface area contributed by atoms with E-state index in [0.29, 0.717) is 12.3 Å². The lowest BCUT2D eigenvalue weighted by Gasteiger charge is -2.16. The van der Waals surface area contributed by atoms with Crippen LogP contribution in [0.4, 0.5) is 0 Å². The van der Waals surface area contributed by atoms with Crippen LogP contribution in [0.1, 0.15) is 17.5 Å². The second kappa shape index (κ2) is 7.79. The molecule has 2 heterocycles. The summed E-state index contributed by atoms with van der Waals surface area (Å²) in [5.74, 6) is 2.06. The van der Waals surface area contributed by atoms with Crippen molar-refractivity contribution < 1.29 is 14.3 Å². The van der Waals surface area contributed by atoms with Crippen LogP contribution >= 0.6 is 0 Å². The Balaban J connectivity index is 1.21. The van der Waals surface area contributed by atoms with Crippen molar-refractivity contribution in [3.63, 3.8) is 0 Å². The van der Waals surface area contributed by atoms with Gasteiger partial charge in [0.25, 0.3) is 0 Å². The van der Waals surface area contributed by atoms with Crippen LogP contribution in [-0.2, 0) is 17.8 Å². The molecule has 2 aliphatic rings. The highest BCUT2D eigenvalue weighted by Crippen LogP contribution is 2.32. The first-order valence-corrected chi connectivity index (χ1v) is 9.18. The predicted octanol–water partition coefficient (Wildman–Crippen LogP) is 2.60. The molecule has 1 N–H and O–H groups in total. The van der Waals surface area contributed by atoms with Crippen LogP contribution < -0.4 is 14.8 Å². The molecule has 0 radical (unpaired) electrons. The summed E-state index contributed by atoms with van der Waals surface area (Å²) < 4.78 is 10.7. The molecule has 1 fully saturated rings. The van der Waals surface area contributed by atoms with Gasteiger partial charge in [-0.25, -0.2) is 0 Å². The molecule has 1 amide bonds. The maximum absolute atomic E-state index is 12.2. The van der Waals surface area contributed by atoms with Crippen molar-refractivity contribution in [2.75, 3.05) is 26.4 Å². The molecule has 26 heavy (non-hydrogen) atoms. The first-order chi connectivity index (χ1) is 12.8. The number of ether oxygens (including phenoxy) is 2. The molecule has 5 nitrogen and oxygen atoms in total. The molecule has 0 aromatic heterocycles. The average molecular weight is 352 g/mol. The number of carbonyl (C=O) groups is 1. The number of nitrogens with zero attached hydrogens (tertiary/aromatic N) is 1. The topological polar surface area (TPSA) is 50.8 Å². The third kappa shape index (κ3) is 4.17. The summed E-state index contributed by atoms with van der Waals surface area (Å²) in [4.78, 5) is 14.7. The van der Waals surface area contributed by atoms with Gasteiger partial charge in [0.15, 0.2) is 11.5 Å². The van der Waals surface area contributed by atoms with E-state index in [9.17, 15) is 4.79 Å². The van der Waals surface area contributed by atoms with Crippen molar-refractivity contribution in [2.45, 2.75) is 19.4 Å². The van der Waals surface area contributed by atoms with Crippen molar-refractivity contribution in [1.82, 2.24) is 10.2 Å². The molecular weight excluding hydrogens is 328 g/mol. The Labute approximate surface area is 153 Å². The highest BCUT2D eigenvalue weighted by molar-refractivity contribution is 5.78. The van der Waals surface area contributed by atoms with Crippen molar-refractivity contribution in [2.24, 2.45) is 5.92 Å². The molecule has 1 saturated heterocycles. The number of hydrogen-bond donors (Lipinski definition) is 1. The van der Waals surface area contributed by atoms with E-state index in [1.807, 2.05) is 24.3 Å². The van der Waals surface area contributed by atoms with Crippen LogP contribution in [0, 0.1) is 5.92 Å². The van der Waals surface area contributed by atoms with Crippen molar-refractivity contribution >= 4 is 5.91 Å². The van der Waals surface area contributed by atoms with Gasteiger partial charge < -0.3 is 14.8 Å². The molecule has 0 unspecified atom stereocenters. The summed E-state index contributed by atoms with van der Waals surface area (Å²) >= 11 is 0. The highest BCUT2D eigenvalue weighted by atomic mass is 16.7. The van der Waals surface area contributed by atoms with Gasteiger partial charge in [-0.15, -0.1) is 0 Å². The van der Waals surface area contributed by atoms with Gasteiger partial charge in [0.1, 0.15) is 0 Å². The van der Waals surface area contributed by atoms with E-state index in [-0.39, 0.29) is 12.7 Å². The fraction of sp³-hybridized carbons (Fsp3) is 0.381. The highest BCUT2D eigenvalue weighted by Gasteiger charge is 2.23. The zero-order valence-corrected chi connectivity index (χ0v) is 14.8. The van der Waals surface area contributed by atoms with E-state index in [1.54, 1.807) is 0 Å². The Bertz CT molecular complexity index is 763. The van der Waals surface area contributed by atoms with Gasteiger partial charge in [-0.2, -0.15) is 0 Å². The molecule has 136 valence electrons. The smallest absolute Gasteiger partial charge is 0.231 e. The van der Waals surface area contributed by atoms with E-state index in [1.165, 1.54) is 5.56 Å². The fourth-order valence-electron chi connectivity index (χ4n) is 3.62. The van der Waals surface area contributed by atoms with E-state index in [0.717, 1.165) is 49.7 Å². The zero-order chi connectivity index (χ0) is 17.8. The van der Waals surface area contributed by atoms with Crippen LogP contribution in [0.3, 0.4) is 0 Å². The SMILES string of the molecule is O=C(Cc1ccc2c(c1)OCO2)NC[C@H]1CCN(Cc2ccccc2)C1. The molecule has 0 saturated carbocycles. The summed E-state index contributed by atoms with van der Waals surface area (Å²) in [6.45, 7) is 4.13. The second-order valence-corrected chi connectivity index (χ2v) is 7.04. The molecular formula is C21H24N2O3. The van der Waals surface area contributed by atoms with Crippen molar-refractivity contribution in [1.29, 1.82) is 0 Å². The zero-order valence-electron chi connectivity index (χ0n) is 14.8. The van der Waals surface area contributed by atoms with E-state index >= 15 is 0 Å². The molecule has 1 atom stereocenters. The number of amides is 1. The Hall–Kier alpha value is -2.53. The van der Waals surface area contributed by atoms with Crippen LogP contribution in [0.15, 0.2) is 48.5 Å². The van der Waals surface area contributed by atoms with Crippen LogP contribution in [-0.4, -0.2) is 37.2 Å². The minimum atomic E-state index is 0.0605. The summed E-state index contributed by atoms with van der Waals surface area (Å²) in [5.41, 5.74) is 2.30. The molecule has 5 heteroatoms. The largest absolute Gasteiger partial charge is 0.454 e. The van der Waals surface area contributed by atoms with Gasteiger partial charge in [-0.05, 0) is 42.1 Å². The minimum absolute atomic E-state index is 0.0605. The number of likely N-dealkylation sites (tertiary alicyclic amines) is 1. The van der Waals surface area contributed by atoms with Gasteiger partial charge in [0, 0.05) is 19.6 Å². The molecule has 4 rings (SSSR count). The number of hydrogen-bond acceptors (Lipinski definition) is 4. The predicted molar refractivity (Wildman–Crippen MR) is 99.1 cm³/mol. The molecule has 0 spiro atoms. The Morgan fingerprint density at radius 3 is 2.81 bits per heavy atom. The summed E-state index contributed by atoms with van der Waals surface area (Å²) in [7, 11) is 0. The number of rotatable bonds is 6. The lowest BCUT2D eigenvalue weighted by molar-refractivity contribution is -0.120. The normalized spacial score (nSPS) is 18.8. The monoisotopic (exact) mass is 352 g/mol. The van der Waals surface area contributed by atoms with Gasteiger partial charge in [0.05, 0.1) is 6.42 Å². The van der Waals surface area contributed by atoms with Gasteiger partial charge in [0.2, 0.25) is 12.7 Å². The Kier molecular flexibility index (Phi) is 5.07. The summed E-state index contributed by atoms with van der Waals surface area (Å²) in [6.07, 6.45) is 1.51. The molecule has 0 bridgehead atoms. The molecule has 2 aromatic rings. The second-order valence-electron chi connectivity index (χ2n) is 7.04. The number of benzene rings is 2. The van der Waals surface area contributed by atoms with Gasteiger partial charge in [-0.3, -0.25) is 9.69 Å². The third-order valence-corrected chi connectivity index (χ3v) is 5.01. The van der Waals surface area contributed by atoms with E-state index in [2.05, 4.69) is 34.5 Å². The molecule has 0 aliphatic carbocycles. The average Bonchev–Trinajstić information content (AvgIpc) is 3.29. The maximum Gasteiger partial charge on any atom is 0.231 e. The third-order valence-electron chi connectivity index (χ3n) is 5.01. The van der Waals surface area contributed by atoms with E-state index < -0.39 is 0 Å². The van der Waals surface area contributed by atoms with Gasteiger partial charge in [-0.1, -0.05) is 36.4 Å². The Morgan fingerprint density at radius 2 is 1.92 bits per heavy atom. The van der Waals surface area contributed by atoms with E-state index in [4.69, 9.17) is 9.47 Å². The van der Waals surface area contributed by atoms with Crippen LogP contribution in [0.2, 0.25) is 0 Å². The van der Waals surface area contributed by atoms with Crippen LogP contribution in [0.25, 0.3) is 0 Å². The molecule has 2 aliphatic heterocycles. The number of carbonyl (C=O) groups excluding carboxylic acids is 1. The first-order valence-electron chi connectivity index (χ1n) is 9.18. The summed E-state index contributed by atoms with van der Waals surface area (Å²) in [6, 6.07) is 16.2.